The first-order valence-corrected chi connectivity index (χ1v) is 15.9. The van der Waals surface area contributed by atoms with Crippen molar-refractivity contribution in [2.45, 2.75) is 101 Å². The average Bonchev–Trinajstić information content (AvgIpc) is 3.78. The summed E-state index contributed by atoms with van der Waals surface area (Å²) in [5.74, 6) is 1.85. The molecule has 0 aromatic heterocycles. The van der Waals surface area contributed by atoms with Crippen molar-refractivity contribution in [3.63, 3.8) is 0 Å². The van der Waals surface area contributed by atoms with E-state index >= 15 is 0 Å². The Balaban J connectivity index is 1.67. The SMILES string of the molecule is CCc1ccc(OC)c2c1C1(C)CCN(CC3CC3)C(C)CC[C@H](C(O)(CC(O)CO)c3ccccc3)C(OC)[C@@H]1O2. The van der Waals surface area contributed by atoms with Crippen LogP contribution in [0.1, 0.15) is 76.0 Å². The summed E-state index contributed by atoms with van der Waals surface area (Å²) < 4.78 is 19.2. The largest absolute Gasteiger partial charge is 0.493 e. The molecule has 7 atom stereocenters. The Morgan fingerprint density at radius 2 is 1.83 bits per heavy atom. The lowest BCUT2D eigenvalue weighted by atomic mass is 9.65. The Labute approximate surface area is 251 Å². The molecule has 2 aromatic carbocycles. The van der Waals surface area contributed by atoms with E-state index < -0.39 is 35.7 Å². The molecule has 2 fully saturated rings. The van der Waals surface area contributed by atoms with Crippen molar-refractivity contribution in [1.82, 2.24) is 4.90 Å². The van der Waals surface area contributed by atoms with E-state index in [-0.39, 0.29) is 12.5 Å². The number of aliphatic hydroxyl groups is 3. The number of aliphatic hydroxyl groups excluding tert-OH is 2. The summed E-state index contributed by atoms with van der Waals surface area (Å²) in [6, 6.07) is 14.1. The lowest BCUT2D eigenvalue weighted by molar-refractivity contribution is -0.151. The van der Waals surface area contributed by atoms with Gasteiger partial charge in [0.2, 0.25) is 0 Å². The van der Waals surface area contributed by atoms with Crippen LogP contribution in [0.5, 0.6) is 11.5 Å². The van der Waals surface area contributed by atoms with Gasteiger partial charge in [0.1, 0.15) is 12.2 Å². The van der Waals surface area contributed by atoms with Gasteiger partial charge in [-0.2, -0.15) is 0 Å². The summed E-state index contributed by atoms with van der Waals surface area (Å²) in [6.45, 7) is 8.43. The average molecular weight is 582 g/mol. The number of methoxy groups -OCH3 is 2. The van der Waals surface area contributed by atoms with E-state index in [0.717, 1.165) is 49.8 Å². The summed E-state index contributed by atoms with van der Waals surface area (Å²) in [4.78, 5) is 2.65. The van der Waals surface area contributed by atoms with Gasteiger partial charge in [0.05, 0.1) is 25.4 Å². The second kappa shape index (κ2) is 12.8. The molecule has 0 spiro atoms. The molecule has 2 aromatic rings. The van der Waals surface area contributed by atoms with Gasteiger partial charge in [0.15, 0.2) is 11.5 Å². The van der Waals surface area contributed by atoms with Gasteiger partial charge >= 0.3 is 0 Å². The highest BCUT2D eigenvalue weighted by atomic mass is 16.6. The number of ether oxygens (including phenoxy) is 3. The van der Waals surface area contributed by atoms with Crippen LogP contribution < -0.4 is 9.47 Å². The third-order valence-electron chi connectivity index (χ3n) is 10.5. The monoisotopic (exact) mass is 581 g/mol. The number of nitrogens with zero attached hydrogens (tertiary/aromatic N) is 1. The number of hydrogen-bond donors (Lipinski definition) is 3. The second-order valence-corrected chi connectivity index (χ2v) is 13.2. The molecule has 7 nitrogen and oxygen atoms in total. The molecule has 5 unspecified atom stereocenters. The van der Waals surface area contributed by atoms with Gasteiger partial charge in [-0.25, -0.2) is 0 Å². The smallest absolute Gasteiger partial charge is 0.165 e. The Hall–Kier alpha value is -2.16. The second-order valence-electron chi connectivity index (χ2n) is 13.2. The van der Waals surface area contributed by atoms with Gasteiger partial charge in [0.25, 0.3) is 0 Å². The van der Waals surface area contributed by atoms with E-state index in [1.807, 2.05) is 36.4 Å². The molecule has 5 rings (SSSR count). The molecule has 3 aliphatic rings. The maximum absolute atomic E-state index is 12.8. The fourth-order valence-corrected chi connectivity index (χ4v) is 7.81. The van der Waals surface area contributed by atoms with Gasteiger partial charge in [-0.15, -0.1) is 0 Å². The number of aryl methyl sites for hydroxylation is 1. The minimum absolute atomic E-state index is 0.00186. The molecule has 7 heteroatoms. The van der Waals surface area contributed by atoms with Gasteiger partial charge in [-0.05, 0) is 75.1 Å². The normalized spacial score (nSPS) is 30.5. The molecule has 42 heavy (non-hydrogen) atoms. The van der Waals surface area contributed by atoms with Gasteiger partial charge in [-0.3, -0.25) is 0 Å². The van der Waals surface area contributed by atoms with Gasteiger partial charge < -0.3 is 34.4 Å². The predicted molar refractivity (Wildman–Crippen MR) is 164 cm³/mol. The first kappa shape index (κ1) is 31.3. The van der Waals surface area contributed by atoms with Crippen molar-refractivity contribution in [2.24, 2.45) is 11.8 Å². The fraction of sp³-hybridized carbons (Fsp3) is 0.657. The predicted octanol–water partition coefficient (Wildman–Crippen LogP) is 4.82. The molecule has 1 saturated heterocycles. The molecule has 2 heterocycles. The first-order chi connectivity index (χ1) is 20.2. The third-order valence-corrected chi connectivity index (χ3v) is 10.5. The quantitative estimate of drug-likeness (QED) is 0.371. The highest BCUT2D eigenvalue weighted by Crippen LogP contribution is 2.55. The van der Waals surface area contributed by atoms with Crippen molar-refractivity contribution >= 4 is 0 Å². The van der Waals surface area contributed by atoms with E-state index in [9.17, 15) is 15.3 Å². The Morgan fingerprint density at radius 1 is 1.10 bits per heavy atom. The molecular formula is C35H51NO6. The maximum Gasteiger partial charge on any atom is 0.165 e. The van der Waals surface area contributed by atoms with Crippen molar-refractivity contribution in [1.29, 1.82) is 0 Å². The van der Waals surface area contributed by atoms with Crippen LogP contribution in [-0.4, -0.2) is 78.5 Å². The van der Waals surface area contributed by atoms with Gasteiger partial charge in [0, 0.05) is 43.0 Å². The number of hydrogen-bond acceptors (Lipinski definition) is 7. The van der Waals surface area contributed by atoms with Crippen molar-refractivity contribution in [3.05, 3.63) is 59.2 Å². The molecule has 1 aliphatic carbocycles. The zero-order valence-electron chi connectivity index (χ0n) is 26.1. The number of fused-ring (bicyclic) bond motifs is 3. The van der Waals surface area contributed by atoms with Crippen molar-refractivity contribution in [3.8, 4) is 11.5 Å². The molecule has 0 radical (unpaired) electrons. The summed E-state index contributed by atoms with van der Waals surface area (Å²) in [5.41, 5.74) is 1.29. The minimum Gasteiger partial charge on any atom is -0.493 e. The van der Waals surface area contributed by atoms with E-state index in [2.05, 4.69) is 31.7 Å². The molecule has 2 aliphatic heterocycles. The number of rotatable bonds is 10. The van der Waals surface area contributed by atoms with Crippen LogP contribution >= 0.6 is 0 Å². The van der Waals surface area contributed by atoms with Crippen LogP contribution in [0, 0.1) is 11.8 Å². The molecule has 1 saturated carbocycles. The van der Waals surface area contributed by atoms with Crippen LogP contribution in [-0.2, 0) is 22.2 Å². The van der Waals surface area contributed by atoms with Crippen LogP contribution in [0.3, 0.4) is 0 Å². The molecule has 0 bridgehead atoms. The fourth-order valence-electron chi connectivity index (χ4n) is 7.81. The lowest BCUT2D eigenvalue weighted by Crippen LogP contribution is -2.56. The summed E-state index contributed by atoms with van der Waals surface area (Å²) >= 11 is 0. The molecule has 3 N–H and O–H groups in total. The van der Waals surface area contributed by atoms with E-state index in [1.54, 1.807) is 14.2 Å². The molecule has 0 amide bonds. The zero-order chi connectivity index (χ0) is 30.1. The van der Waals surface area contributed by atoms with Gasteiger partial charge in [-0.1, -0.05) is 50.2 Å². The zero-order valence-corrected chi connectivity index (χ0v) is 26.1. The van der Waals surface area contributed by atoms with Crippen molar-refractivity contribution in [2.75, 3.05) is 33.9 Å². The lowest BCUT2D eigenvalue weighted by Gasteiger charge is -2.48. The first-order valence-electron chi connectivity index (χ1n) is 15.9. The Bertz CT molecular complexity index is 1190. The highest BCUT2D eigenvalue weighted by molar-refractivity contribution is 5.58. The van der Waals surface area contributed by atoms with E-state index in [4.69, 9.17) is 14.2 Å². The summed E-state index contributed by atoms with van der Waals surface area (Å²) in [7, 11) is 3.40. The summed E-state index contributed by atoms with van der Waals surface area (Å²) in [5, 5.41) is 33.5. The number of benzene rings is 2. The van der Waals surface area contributed by atoms with Crippen LogP contribution in [0.2, 0.25) is 0 Å². The standard InChI is InChI=1S/C35H51NO6/c1-6-25-15-17-29(40-4)32-30(25)34(3)18-19-36(21-24-13-14-24)23(2)12-16-28(31(41-5)33(34)42-32)35(39,20-27(38)22-37)26-10-8-7-9-11-26/h7-11,15,17,23-24,27-28,31,33,37-39H,6,12-14,16,18-22H2,1-5H3/t23?,27?,28-,31?,33-,34?,35?/m0/s1. The minimum atomic E-state index is -1.46. The van der Waals surface area contributed by atoms with Crippen LogP contribution in [0.25, 0.3) is 0 Å². The topological polar surface area (TPSA) is 91.6 Å². The summed E-state index contributed by atoms with van der Waals surface area (Å²) in [6.07, 6.45) is 3.95. The van der Waals surface area contributed by atoms with Crippen LogP contribution in [0.15, 0.2) is 42.5 Å². The van der Waals surface area contributed by atoms with Crippen LogP contribution in [0.4, 0.5) is 0 Å². The van der Waals surface area contributed by atoms with Crippen molar-refractivity contribution < 1.29 is 29.5 Å². The van der Waals surface area contributed by atoms with E-state index in [1.165, 1.54) is 24.0 Å². The molecular weight excluding hydrogens is 530 g/mol. The molecule has 232 valence electrons. The Kier molecular flexibility index (Phi) is 9.55. The highest BCUT2D eigenvalue weighted by Gasteiger charge is 2.57. The maximum atomic E-state index is 12.8. The Morgan fingerprint density at radius 3 is 2.45 bits per heavy atom. The van der Waals surface area contributed by atoms with E-state index in [0.29, 0.717) is 18.0 Å². The third kappa shape index (κ3) is 5.83.